The Hall–Kier alpha value is -4.43. The van der Waals surface area contributed by atoms with E-state index in [2.05, 4.69) is 126 Å². The number of aryl methyl sites for hydroxylation is 1. The topological polar surface area (TPSA) is 17.8 Å². The predicted octanol–water partition coefficient (Wildman–Crippen LogP) is 8.37. The molecule has 1 heterocycles. The third-order valence-electron chi connectivity index (χ3n) is 6.99. The van der Waals surface area contributed by atoms with Gasteiger partial charge in [-0.3, -0.25) is 0 Å². The second-order valence-corrected chi connectivity index (χ2v) is 8.96. The Morgan fingerprint density at radius 3 is 1.85 bits per heavy atom. The van der Waals surface area contributed by atoms with Crippen molar-refractivity contribution in [3.8, 4) is 22.3 Å². The van der Waals surface area contributed by atoms with Gasteiger partial charge in [0.1, 0.15) is 0 Å². The number of benzene rings is 6. The van der Waals surface area contributed by atoms with Crippen LogP contribution in [0.15, 0.2) is 116 Å². The van der Waals surface area contributed by atoms with Gasteiger partial charge in [0.25, 0.3) is 0 Å². The van der Waals surface area contributed by atoms with E-state index in [0.717, 1.165) is 5.52 Å². The molecule has 0 aliphatic heterocycles. The van der Waals surface area contributed by atoms with Crippen LogP contribution < -0.4 is 0 Å². The second kappa shape index (κ2) is 7.29. The SMILES string of the molecule is Cn1cnc2cccc(-c3ccc4c5ccc(-c6ccccc6)cc5c5ccccc5c4c3)c21. The molecule has 0 saturated heterocycles. The molecule has 0 bridgehead atoms. The number of imidazole rings is 1. The molecule has 0 unspecified atom stereocenters. The van der Waals surface area contributed by atoms with E-state index in [4.69, 9.17) is 0 Å². The first kappa shape index (κ1) is 19.1. The summed E-state index contributed by atoms with van der Waals surface area (Å²) in [6.45, 7) is 0. The monoisotopic (exact) mass is 434 g/mol. The van der Waals surface area contributed by atoms with Crippen molar-refractivity contribution in [1.82, 2.24) is 9.55 Å². The van der Waals surface area contributed by atoms with E-state index in [1.54, 1.807) is 0 Å². The minimum absolute atomic E-state index is 1.02. The zero-order chi connectivity index (χ0) is 22.6. The quantitative estimate of drug-likeness (QED) is 0.250. The number of nitrogens with zero attached hydrogens (tertiary/aromatic N) is 2. The van der Waals surface area contributed by atoms with E-state index in [9.17, 15) is 0 Å². The van der Waals surface area contributed by atoms with E-state index in [1.807, 2.05) is 6.33 Å². The van der Waals surface area contributed by atoms with Gasteiger partial charge in [0, 0.05) is 12.6 Å². The van der Waals surface area contributed by atoms with E-state index in [-0.39, 0.29) is 0 Å². The van der Waals surface area contributed by atoms with Gasteiger partial charge in [0.2, 0.25) is 0 Å². The fourth-order valence-electron chi connectivity index (χ4n) is 5.38. The van der Waals surface area contributed by atoms with Crippen molar-refractivity contribution in [2.24, 2.45) is 7.05 Å². The van der Waals surface area contributed by atoms with Crippen LogP contribution in [-0.4, -0.2) is 9.55 Å². The molecule has 0 amide bonds. The van der Waals surface area contributed by atoms with Crippen LogP contribution in [0.4, 0.5) is 0 Å². The summed E-state index contributed by atoms with van der Waals surface area (Å²) in [5, 5.41) is 7.74. The lowest BCUT2D eigenvalue weighted by Crippen LogP contribution is -1.89. The maximum atomic E-state index is 4.55. The van der Waals surface area contributed by atoms with E-state index >= 15 is 0 Å². The molecular weight excluding hydrogens is 412 g/mol. The van der Waals surface area contributed by atoms with Crippen LogP contribution in [0.3, 0.4) is 0 Å². The highest BCUT2D eigenvalue weighted by Gasteiger charge is 2.13. The molecule has 0 saturated carbocycles. The van der Waals surface area contributed by atoms with E-state index in [0.29, 0.717) is 0 Å². The Bertz CT molecular complexity index is 1840. The summed E-state index contributed by atoms with van der Waals surface area (Å²) in [6, 6.07) is 39.5. The van der Waals surface area contributed by atoms with Gasteiger partial charge >= 0.3 is 0 Å². The molecule has 2 nitrogen and oxygen atoms in total. The van der Waals surface area contributed by atoms with E-state index in [1.165, 1.54) is 60.1 Å². The lowest BCUT2D eigenvalue weighted by molar-refractivity contribution is 0.948. The maximum absolute atomic E-state index is 4.55. The van der Waals surface area contributed by atoms with Gasteiger partial charge in [-0.15, -0.1) is 0 Å². The standard InChI is InChI=1S/C32H22N2/c1-34-20-33-31-13-7-12-24(32(31)34)23-15-17-28-27-16-14-22(21-8-3-2-4-9-21)18-29(27)25-10-5-6-11-26(25)30(28)19-23/h2-20H,1H3. The van der Waals surface area contributed by atoms with Gasteiger partial charge in [0.15, 0.2) is 0 Å². The number of hydrogen-bond acceptors (Lipinski definition) is 1. The minimum Gasteiger partial charge on any atom is -0.333 e. The third-order valence-corrected chi connectivity index (χ3v) is 6.99. The minimum atomic E-state index is 1.02. The Balaban J connectivity index is 1.55. The third kappa shape index (κ3) is 2.79. The second-order valence-electron chi connectivity index (χ2n) is 8.96. The molecule has 0 aliphatic rings. The van der Waals surface area contributed by atoms with Crippen molar-refractivity contribution in [1.29, 1.82) is 0 Å². The molecular formula is C32H22N2. The first-order valence-electron chi connectivity index (χ1n) is 11.6. The summed E-state index contributed by atoms with van der Waals surface area (Å²) in [5.41, 5.74) is 7.11. The number of para-hydroxylation sites is 1. The van der Waals surface area contributed by atoms with Crippen molar-refractivity contribution in [3.63, 3.8) is 0 Å². The molecule has 160 valence electrons. The smallest absolute Gasteiger partial charge is 0.0955 e. The average Bonchev–Trinajstić information content (AvgIpc) is 3.29. The van der Waals surface area contributed by atoms with Gasteiger partial charge in [-0.25, -0.2) is 4.98 Å². The van der Waals surface area contributed by atoms with Crippen LogP contribution in [0.2, 0.25) is 0 Å². The lowest BCUT2D eigenvalue weighted by Gasteiger charge is -2.14. The summed E-state index contributed by atoms with van der Waals surface area (Å²) in [7, 11) is 2.06. The van der Waals surface area contributed by atoms with Crippen molar-refractivity contribution in [2.45, 2.75) is 0 Å². The molecule has 0 spiro atoms. The molecule has 0 fully saturated rings. The molecule has 34 heavy (non-hydrogen) atoms. The molecule has 0 atom stereocenters. The highest BCUT2D eigenvalue weighted by molar-refractivity contribution is 6.26. The molecule has 6 aromatic carbocycles. The van der Waals surface area contributed by atoms with Crippen LogP contribution >= 0.6 is 0 Å². The van der Waals surface area contributed by atoms with Crippen molar-refractivity contribution in [3.05, 3.63) is 116 Å². The molecule has 0 radical (unpaired) electrons. The summed E-state index contributed by atoms with van der Waals surface area (Å²) < 4.78 is 2.11. The molecule has 1 aromatic heterocycles. The molecule has 0 N–H and O–H groups in total. The Kier molecular flexibility index (Phi) is 4.09. The van der Waals surface area contributed by atoms with Gasteiger partial charge in [-0.1, -0.05) is 91.0 Å². The summed E-state index contributed by atoms with van der Waals surface area (Å²) in [4.78, 5) is 4.55. The molecule has 7 rings (SSSR count). The fourth-order valence-corrected chi connectivity index (χ4v) is 5.38. The van der Waals surface area contributed by atoms with Gasteiger partial charge in [-0.05, 0) is 67.2 Å². The molecule has 0 aliphatic carbocycles. The van der Waals surface area contributed by atoms with Crippen molar-refractivity contribution >= 4 is 43.4 Å². The maximum Gasteiger partial charge on any atom is 0.0955 e. The van der Waals surface area contributed by atoms with Gasteiger partial charge in [0.05, 0.1) is 17.4 Å². The normalized spacial score (nSPS) is 11.7. The molecule has 2 heteroatoms. The van der Waals surface area contributed by atoms with Crippen molar-refractivity contribution < 1.29 is 0 Å². The number of fused-ring (bicyclic) bond motifs is 7. The lowest BCUT2D eigenvalue weighted by atomic mass is 9.90. The van der Waals surface area contributed by atoms with Crippen LogP contribution in [0.25, 0.3) is 65.6 Å². The molecule has 7 aromatic rings. The Labute approximate surface area is 197 Å². The largest absolute Gasteiger partial charge is 0.333 e. The van der Waals surface area contributed by atoms with Gasteiger partial charge in [-0.2, -0.15) is 0 Å². The summed E-state index contributed by atoms with van der Waals surface area (Å²) in [5.74, 6) is 0. The number of aromatic nitrogens is 2. The summed E-state index contributed by atoms with van der Waals surface area (Å²) in [6.07, 6.45) is 1.89. The summed E-state index contributed by atoms with van der Waals surface area (Å²) >= 11 is 0. The Morgan fingerprint density at radius 1 is 0.500 bits per heavy atom. The van der Waals surface area contributed by atoms with Crippen LogP contribution in [0, 0.1) is 0 Å². The number of rotatable bonds is 2. The average molecular weight is 435 g/mol. The predicted molar refractivity (Wildman–Crippen MR) is 144 cm³/mol. The van der Waals surface area contributed by atoms with Gasteiger partial charge < -0.3 is 4.57 Å². The fraction of sp³-hybridized carbons (Fsp3) is 0.0312. The zero-order valence-electron chi connectivity index (χ0n) is 18.9. The Morgan fingerprint density at radius 2 is 1.12 bits per heavy atom. The first-order chi connectivity index (χ1) is 16.8. The zero-order valence-corrected chi connectivity index (χ0v) is 18.9. The highest BCUT2D eigenvalue weighted by Crippen LogP contribution is 2.39. The highest BCUT2D eigenvalue weighted by atomic mass is 15.0. The van der Waals surface area contributed by atoms with Crippen LogP contribution in [-0.2, 0) is 7.05 Å². The first-order valence-corrected chi connectivity index (χ1v) is 11.6. The number of hydrogen-bond donors (Lipinski definition) is 0. The van der Waals surface area contributed by atoms with Crippen molar-refractivity contribution in [2.75, 3.05) is 0 Å². The van der Waals surface area contributed by atoms with Crippen LogP contribution in [0.1, 0.15) is 0 Å². The van der Waals surface area contributed by atoms with Crippen LogP contribution in [0.5, 0.6) is 0 Å². The van der Waals surface area contributed by atoms with E-state index < -0.39 is 0 Å².